The molecule has 160 valence electrons. The fourth-order valence-corrected chi connectivity index (χ4v) is 3.27. The van der Waals surface area contributed by atoms with Gasteiger partial charge in [-0.05, 0) is 17.7 Å². The number of likely N-dealkylation sites (N-methyl/N-ethyl adjacent to an activating group) is 1. The number of rotatable bonds is 5. The highest BCUT2D eigenvalue weighted by molar-refractivity contribution is 6.42. The van der Waals surface area contributed by atoms with Crippen LogP contribution in [0.3, 0.4) is 0 Å². The average molecular weight is 448 g/mol. The van der Waals surface area contributed by atoms with Gasteiger partial charge in [-0.3, -0.25) is 4.79 Å². The van der Waals surface area contributed by atoms with E-state index in [0.29, 0.717) is 10.0 Å². The Morgan fingerprint density at radius 3 is 2.69 bits per heavy atom. The molecule has 2 rings (SSSR count). The van der Waals surface area contributed by atoms with Gasteiger partial charge in [-0.15, -0.1) is 0 Å². The molecule has 11 heteroatoms. The number of carbonyl (C=O) groups is 3. The smallest absolute Gasteiger partial charge is 0.407 e. The molecule has 2 atom stereocenters. The van der Waals surface area contributed by atoms with E-state index in [0.717, 1.165) is 5.56 Å². The van der Waals surface area contributed by atoms with Crippen molar-refractivity contribution in [3.63, 3.8) is 0 Å². The van der Waals surface area contributed by atoms with Crippen molar-refractivity contribution in [3.8, 4) is 0 Å². The summed E-state index contributed by atoms with van der Waals surface area (Å²) < 4.78 is 10.4. The van der Waals surface area contributed by atoms with E-state index in [1.807, 2.05) is 0 Å². The molecule has 1 saturated heterocycles. The van der Waals surface area contributed by atoms with Gasteiger partial charge in [-0.2, -0.15) is 0 Å². The summed E-state index contributed by atoms with van der Waals surface area (Å²) in [7, 11) is 2.70. The van der Waals surface area contributed by atoms with Gasteiger partial charge in [0.15, 0.2) is 0 Å². The number of hydrogen-bond acceptors (Lipinski definition) is 5. The molecular formula is C18H23Cl2N3O6. The van der Waals surface area contributed by atoms with Gasteiger partial charge in [0.25, 0.3) is 0 Å². The Kier molecular flexibility index (Phi) is 8.36. The van der Waals surface area contributed by atoms with Crippen LogP contribution in [0.5, 0.6) is 0 Å². The minimum absolute atomic E-state index is 0.114. The summed E-state index contributed by atoms with van der Waals surface area (Å²) in [6, 6.07) is 4.58. The second-order valence-corrected chi connectivity index (χ2v) is 7.35. The van der Waals surface area contributed by atoms with Crippen molar-refractivity contribution in [1.82, 2.24) is 15.1 Å². The third-order valence-corrected chi connectivity index (χ3v) is 5.34. The Hall–Kier alpha value is -2.23. The number of carbonyl (C=O) groups excluding carboxylic acids is 2. The van der Waals surface area contributed by atoms with E-state index in [4.69, 9.17) is 27.9 Å². The number of nitrogens with zero attached hydrogens (tertiary/aromatic N) is 2. The maximum absolute atomic E-state index is 12.2. The molecule has 0 aliphatic carbocycles. The van der Waals surface area contributed by atoms with Gasteiger partial charge in [0.2, 0.25) is 0 Å². The van der Waals surface area contributed by atoms with E-state index >= 15 is 0 Å². The van der Waals surface area contributed by atoms with E-state index in [-0.39, 0.29) is 38.7 Å². The number of urea groups is 1. The molecule has 0 spiro atoms. The predicted octanol–water partition coefficient (Wildman–Crippen LogP) is 2.27. The number of carboxylic acid groups (broad SMARTS) is 1. The number of benzene rings is 1. The second-order valence-electron chi connectivity index (χ2n) is 6.54. The van der Waals surface area contributed by atoms with Crippen LogP contribution in [0.25, 0.3) is 0 Å². The summed E-state index contributed by atoms with van der Waals surface area (Å²) in [6.07, 6.45) is -1.56. The molecule has 0 unspecified atom stereocenters. The van der Waals surface area contributed by atoms with Crippen LogP contribution in [0, 0.1) is 0 Å². The highest BCUT2D eigenvalue weighted by atomic mass is 35.5. The van der Waals surface area contributed by atoms with Gasteiger partial charge >= 0.3 is 18.1 Å². The molecule has 2 N–H and O–H groups in total. The monoisotopic (exact) mass is 447 g/mol. The number of esters is 1. The van der Waals surface area contributed by atoms with Crippen LogP contribution in [-0.4, -0.2) is 86.0 Å². The Morgan fingerprint density at radius 2 is 2.07 bits per heavy atom. The third-order valence-electron chi connectivity index (χ3n) is 4.60. The molecule has 1 heterocycles. The van der Waals surface area contributed by atoms with E-state index in [1.165, 1.54) is 24.0 Å². The minimum Gasteiger partial charge on any atom is -0.468 e. The normalized spacial score (nSPS) is 19.2. The van der Waals surface area contributed by atoms with Gasteiger partial charge in [-0.1, -0.05) is 29.3 Å². The van der Waals surface area contributed by atoms with Crippen LogP contribution in [0.15, 0.2) is 18.2 Å². The molecule has 9 nitrogen and oxygen atoms in total. The molecule has 0 radical (unpaired) electrons. The van der Waals surface area contributed by atoms with Crippen molar-refractivity contribution in [2.24, 2.45) is 0 Å². The summed E-state index contributed by atoms with van der Waals surface area (Å²) in [6.45, 7) is 0.480. The van der Waals surface area contributed by atoms with Gasteiger partial charge in [0.1, 0.15) is 6.54 Å². The highest BCUT2D eigenvalue weighted by Crippen LogP contribution is 2.31. The van der Waals surface area contributed by atoms with Crippen LogP contribution < -0.4 is 5.32 Å². The average Bonchev–Trinajstić information content (AvgIpc) is 2.90. The first kappa shape index (κ1) is 23.1. The van der Waals surface area contributed by atoms with Crippen LogP contribution in [0.1, 0.15) is 11.5 Å². The highest BCUT2D eigenvalue weighted by Gasteiger charge is 2.32. The van der Waals surface area contributed by atoms with E-state index < -0.39 is 24.2 Å². The lowest BCUT2D eigenvalue weighted by Crippen LogP contribution is -2.45. The van der Waals surface area contributed by atoms with Gasteiger partial charge < -0.3 is 29.7 Å². The molecule has 0 saturated carbocycles. The fraction of sp³-hybridized carbons (Fsp3) is 0.500. The first-order valence-electron chi connectivity index (χ1n) is 8.83. The summed E-state index contributed by atoms with van der Waals surface area (Å²) in [5, 5.41) is 12.8. The number of halogens is 2. The Morgan fingerprint density at radius 1 is 1.34 bits per heavy atom. The third kappa shape index (κ3) is 6.38. The molecule has 1 fully saturated rings. The molecule has 1 aromatic rings. The number of methoxy groups -OCH3 is 1. The fourth-order valence-electron chi connectivity index (χ4n) is 2.97. The van der Waals surface area contributed by atoms with Crippen LogP contribution in [0.4, 0.5) is 9.59 Å². The van der Waals surface area contributed by atoms with Crippen molar-refractivity contribution in [1.29, 1.82) is 0 Å². The Labute approximate surface area is 178 Å². The summed E-state index contributed by atoms with van der Waals surface area (Å²) in [4.78, 5) is 37.5. The molecular weight excluding hydrogens is 425 g/mol. The lowest BCUT2D eigenvalue weighted by atomic mass is 9.92. The van der Waals surface area contributed by atoms with Gasteiger partial charge in [0, 0.05) is 32.6 Å². The van der Waals surface area contributed by atoms with Crippen LogP contribution >= 0.6 is 23.2 Å². The summed E-state index contributed by atoms with van der Waals surface area (Å²) in [5.41, 5.74) is 0.745. The molecule has 3 amide bonds. The first-order chi connectivity index (χ1) is 13.7. The zero-order chi connectivity index (χ0) is 21.6. The lowest BCUT2D eigenvalue weighted by molar-refractivity contribution is -0.141. The van der Waals surface area contributed by atoms with Gasteiger partial charge in [-0.25, -0.2) is 9.59 Å². The Bertz CT molecular complexity index is 763. The van der Waals surface area contributed by atoms with Crippen molar-refractivity contribution in [2.75, 3.05) is 46.9 Å². The molecule has 1 aromatic carbocycles. The molecule has 0 aromatic heterocycles. The number of amides is 3. The standard InChI is InChI=1S/C18H23Cl2N3O6/c1-22(10-16(24)28-2)17(25)21-8-15-12(9-23(18(26)27)5-6-29-15)11-3-4-13(19)14(20)7-11/h3-4,7,12,15H,5-6,8-10H2,1-2H3,(H,21,25)(H,26,27)/t12-,15+/m0/s1. The molecule has 1 aliphatic heterocycles. The molecule has 1 aliphatic rings. The quantitative estimate of drug-likeness (QED) is 0.670. The topological polar surface area (TPSA) is 108 Å². The van der Waals surface area contributed by atoms with E-state index in [9.17, 15) is 19.5 Å². The van der Waals surface area contributed by atoms with Gasteiger partial charge in [0.05, 0.1) is 29.9 Å². The lowest BCUT2D eigenvalue weighted by Gasteiger charge is -2.28. The van der Waals surface area contributed by atoms with E-state index in [1.54, 1.807) is 18.2 Å². The first-order valence-corrected chi connectivity index (χ1v) is 9.58. The number of ether oxygens (including phenoxy) is 2. The summed E-state index contributed by atoms with van der Waals surface area (Å²) in [5.74, 6) is -0.922. The van der Waals surface area contributed by atoms with E-state index in [2.05, 4.69) is 10.1 Å². The van der Waals surface area contributed by atoms with Crippen molar-refractivity contribution in [3.05, 3.63) is 33.8 Å². The number of nitrogens with one attached hydrogen (secondary N) is 1. The zero-order valence-corrected chi connectivity index (χ0v) is 17.6. The van der Waals surface area contributed by atoms with Crippen LogP contribution in [-0.2, 0) is 14.3 Å². The predicted molar refractivity (Wildman–Crippen MR) is 107 cm³/mol. The SMILES string of the molecule is COC(=O)CN(C)C(=O)NC[C@H]1OCCN(C(=O)O)C[C@H]1c1ccc(Cl)c(Cl)c1. The number of hydrogen-bond donors (Lipinski definition) is 2. The van der Waals surface area contributed by atoms with Crippen LogP contribution in [0.2, 0.25) is 10.0 Å². The Balaban J connectivity index is 2.15. The minimum atomic E-state index is -1.05. The molecule has 29 heavy (non-hydrogen) atoms. The molecule has 0 bridgehead atoms. The van der Waals surface area contributed by atoms with Crippen molar-refractivity contribution >= 4 is 41.3 Å². The van der Waals surface area contributed by atoms with Crippen molar-refractivity contribution in [2.45, 2.75) is 12.0 Å². The maximum Gasteiger partial charge on any atom is 0.407 e. The second kappa shape index (κ2) is 10.5. The van der Waals surface area contributed by atoms with Crippen molar-refractivity contribution < 1.29 is 29.0 Å². The maximum atomic E-state index is 12.2. The summed E-state index contributed by atoms with van der Waals surface area (Å²) >= 11 is 12.1. The zero-order valence-electron chi connectivity index (χ0n) is 16.1. The largest absolute Gasteiger partial charge is 0.468 e.